The summed E-state index contributed by atoms with van der Waals surface area (Å²) in [7, 11) is -2.91. The van der Waals surface area contributed by atoms with Crippen molar-refractivity contribution in [2.24, 2.45) is 5.92 Å². The van der Waals surface area contributed by atoms with E-state index in [-0.39, 0.29) is 17.5 Å². The molecule has 2 aliphatic heterocycles. The van der Waals surface area contributed by atoms with Crippen molar-refractivity contribution in [3.63, 3.8) is 0 Å². The summed E-state index contributed by atoms with van der Waals surface area (Å²) in [4.78, 5) is 8.91. The van der Waals surface area contributed by atoms with Crippen molar-refractivity contribution in [3.8, 4) is 0 Å². The maximum absolute atomic E-state index is 11.8. The van der Waals surface area contributed by atoms with Crippen LogP contribution in [-0.4, -0.2) is 60.8 Å². The van der Waals surface area contributed by atoms with Gasteiger partial charge in [0, 0.05) is 25.7 Å². The highest BCUT2D eigenvalue weighted by Crippen LogP contribution is 2.25. The van der Waals surface area contributed by atoms with Gasteiger partial charge in [-0.25, -0.2) is 8.42 Å². The first-order valence-corrected chi connectivity index (χ1v) is 10.2. The van der Waals surface area contributed by atoms with Gasteiger partial charge in [-0.05, 0) is 32.1 Å². The molecule has 23 heavy (non-hydrogen) atoms. The van der Waals surface area contributed by atoms with Crippen LogP contribution in [0.2, 0.25) is 0 Å². The molecule has 1 aromatic heterocycles. The Bertz CT molecular complexity index is 651. The first-order valence-electron chi connectivity index (χ1n) is 8.40. The van der Waals surface area contributed by atoms with Gasteiger partial charge in [0.25, 0.3) is 0 Å². The lowest BCUT2D eigenvalue weighted by molar-refractivity contribution is 0.440. The topological polar surface area (TPSA) is 79.3 Å². The molecule has 0 aliphatic carbocycles. The summed E-state index contributed by atoms with van der Waals surface area (Å²) in [6, 6.07) is -0.00479. The zero-order valence-electron chi connectivity index (χ0n) is 13.8. The second-order valence-corrected chi connectivity index (χ2v) is 8.88. The summed E-state index contributed by atoms with van der Waals surface area (Å²) in [5, 5.41) is 8.31. The summed E-state index contributed by atoms with van der Waals surface area (Å²) in [6.45, 7) is 6.89. The summed E-state index contributed by atoms with van der Waals surface area (Å²) >= 11 is 0. The molecule has 7 nitrogen and oxygen atoms in total. The Morgan fingerprint density at radius 3 is 2.87 bits per heavy atom. The second kappa shape index (κ2) is 6.59. The number of rotatable bonds is 4. The van der Waals surface area contributed by atoms with Crippen LogP contribution in [0.25, 0.3) is 0 Å². The average molecular weight is 339 g/mol. The highest BCUT2D eigenvalue weighted by molar-refractivity contribution is 7.91. The average Bonchev–Trinajstić information content (AvgIpc) is 2.88. The van der Waals surface area contributed by atoms with Crippen LogP contribution in [0, 0.1) is 5.92 Å². The predicted octanol–water partition coefficient (Wildman–Crippen LogP) is 1.12. The van der Waals surface area contributed by atoms with E-state index < -0.39 is 9.84 Å². The minimum atomic E-state index is -2.91. The number of aromatic nitrogens is 3. The molecule has 0 radical (unpaired) electrons. The highest BCUT2D eigenvalue weighted by Gasteiger charge is 2.32. The molecule has 3 rings (SSSR count). The fraction of sp³-hybridized carbons (Fsp3) is 0.800. The van der Waals surface area contributed by atoms with E-state index in [4.69, 9.17) is 0 Å². The molecule has 1 aromatic rings. The Morgan fingerprint density at radius 1 is 1.39 bits per heavy atom. The molecule has 2 atom stereocenters. The molecule has 2 aliphatic rings. The fourth-order valence-electron chi connectivity index (χ4n) is 3.56. The van der Waals surface area contributed by atoms with Gasteiger partial charge in [-0.2, -0.15) is 10.1 Å². The van der Waals surface area contributed by atoms with Crippen LogP contribution in [0.1, 0.15) is 33.1 Å². The van der Waals surface area contributed by atoms with Crippen LogP contribution in [0.4, 0.5) is 11.8 Å². The van der Waals surface area contributed by atoms with E-state index in [9.17, 15) is 8.42 Å². The van der Waals surface area contributed by atoms with E-state index >= 15 is 0 Å². The molecule has 2 unspecified atom stereocenters. The van der Waals surface area contributed by atoms with Crippen LogP contribution in [-0.2, 0) is 9.84 Å². The largest absolute Gasteiger partial charge is 0.351 e. The van der Waals surface area contributed by atoms with Gasteiger partial charge in [-0.3, -0.25) is 0 Å². The lowest BCUT2D eigenvalue weighted by atomic mass is 10.0. The fourth-order valence-corrected chi connectivity index (χ4v) is 5.29. The number of piperidine rings is 1. The van der Waals surface area contributed by atoms with Crippen LogP contribution in [0.15, 0.2) is 6.20 Å². The minimum Gasteiger partial charge on any atom is -0.351 e. The number of nitrogens with zero attached hydrogens (tertiary/aromatic N) is 5. The Hall–Kier alpha value is -1.44. The Morgan fingerprint density at radius 2 is 2.22 bits per heavy atom. The first-order chi connectivity index (χ1) is 11.0. The molecule has 0 aromatic carbocycles. The van der Waals surface area contributed by atoms with Gasteiger partial charge in [0.15, 0.2) is 15.7 Å². The lowest BCUT2D eigenvalue weighted by Gasteiger charge is -2.32. The van der Waals surface area contributed by atoms with Gasteiger partial charge in [-0.15, -0.1) is 5.10 Å². The van der Waals surface area contributed by atoms with Crippen molar-refractivity contribution in [2.75, 3.05) is 40.9 Å². The van der Waals surface area contributed by atoms with E-state index in [2.05, 4.69) is 31.9 Å². The van der Waals surface area contributed by atoms with Gasteiger partial charge < -0.3 is 9.80 Å². The van der Waals surface area contributed by atoms with Crippen LogP contribution in [0.3, 0.4) is 0 Å². The standard InChI is InChI=1S/C15H25N5O2S/c1-3-20(13-6-8-23(21,22)11-13)14-9-16-18-15(17-14)19-7-4-5-12(2)10-19/h9,12-13H,3-8,10-11H2,1-2H3. The molecule has 128 valence electrons. The van der Waals surface area contributed by atoms with Gasteiger partial charge in [0.2, 0.25) is 5.95 Å². The highest BCUT2D eigenvalue weighted by atomic mass is 32.2. The molecule has 0 N–H and O–H groups in total. The van der Waals surface area contributed by atoms with Crippen molar-refractivity contribution in [2.45, 2.75) is 39.2 Å². The normalized spacial score (nSPS) is 27.1. The van der Waals surface area contributed by atoms with Crippen LogP contribution in [0.5, 0.6) is 0 Å². The first kappa shape index (κ1) is 16.4. The molecule has 8 heteroatoms. The maximum atomic E-state index is 11.8. The molecule has 0 bridgehead atoms. The summed E-state index contributed by atoms with van der Waals surface area (Å²) in [5.74, 6) is 2.51. The van der Waals surface area contributed by atoms with Crippen molar-refractivity contribution >= 4 is 21.6 Å². The molecule has 2 saturated heterocycles. The SMILES string of the molecule is CCN(c1cnnc(N2CCCC(C)C2)n1)C1CCS(=O)(=O)C1. The smallest absolute Gasteiger partial charge is 0.247 e. The third-order valence-electron chi connectivity index (χ3n) is 4.76. The summed E-state index contributed by atoms with van der Waals surface area (Å²) in [6.07, 6.45) is 4.69. The third kappa shape index (κ3) is 3.73. The van der Waals surface area contributed by atoms with Crippen molar-refractivity contribution in [3.05, 3.63) is 6.20 Å². The van der Waals surface area contributed by atoms with E-state index in [1.165, 1.54) is 6.42 Å². The monoisotopic (exact) mass is 339 g/mol. The molecule has 3 heterocycles. The molecular weight excluding hydrogens is 314 g/mol. The van der Waals surface area contributed by atoms with Crippen LogP contribution < -0.4 is 9.80 Å². The van der Waals surface area contributed by atoms with Crippen molar-refractivity contribution < 1.29 is 8.42 Å². The van der Waals surface area contributed by atoms with E-state index in [1.807, 2.05) is 6.92 Å². The van der Waals surface area contributed by atoms with E-state index in [0.29, 0.717) is 24.8 Å². The third-order valence-corrected chi connectivity index (χ3v) is 6.51. The van der Waals surface area contributed by atoms with Gasteiger partial charge in [-0.1, -0.05) is 6.92 Å². The minimum absolute atomic E-state index is 0.00479. The zero-order chi connectivity index (χ0) is 16.4. The predicted molar refractivity (Wildman–Crippen MR) is 90.5 cm³/mol. The number of hydrogen-bond acceptors (Lipinski definition) is 7. The van der Waals surface area contributed by atoms with Gasteiger partial charge in [0.05, 0.1) is 17.7 Å². The zero-order valence-corrected chi connectivity index (χ0v) is 14.7. The lowest BCUT2D eigenvalue weighted by Crippen LogP contribution is -2.38. The molecule has 0 saturated carbocycles. The molecule has 2 fully saturated rings. The number of sulfone groups is 1. The molecular formula is C15H25N5O2S. The van der Waals surface area contributed by atoms with E-state index in [0.717, 1.165) is 25.3 Å². The van der Waals surface area contributed by atoms with Crippen LogP contribution >= 0.6 is 0 Å². The van der Waals surface area contributed by atoms with Gasteiger partial charge >= 0.3 is 0 Å². The maximum Gasteiger partial charge on any atom is 0.247 e. The number of anilines is 2. The Balaban J connectivity index is 1.80. The molecule has 0 amide bonds. The van der Waals surface area contributed by atoms with E-state index in [1.54, 1.807) is 6.20 Å². The molecule has 0 spiro atoms. The Kier molecular flexibility index (Phi) is 4.70. The van der Waals surface area contributed by atoms with Crippen molar-refractivity contribution in [1.29, 1.82) is 0 Å². The Labute approximate surface area is 138 Å². The quantitative estimate of drug-likeness (QED) is 0.813. The summed E-state index contributed by atoms with van der Waals surface area (Å²) in [5.41, 5.74) is 0. The number of hydrogen-bond donors (Lipinski definition) is 0. The van der Waals surface area contributed by atoms with Gasteiger partial charge in [0.1, 0.15) is 0 Å². The second-order valence-electron chi connectivity index (χ2n) is 6.65. The summed E-state index contributed by atoms with van der Waals surface area (Å²) < 4.78 is 23.5. The van der Waals surface area contributed by atoms with Crippen molar-refractivity contribution in [1.82, 2.24) is 15.2 Å².